The summed E-state index contributed by atoms with van der Waals surface area (Å²) in [5, 5.41) is 4.28. The van der Waals surface area contributed by atoms with Gasteiger partial charge in [0, 0.05) is 35.2 Å². The Morgan fingerprint density at radius 2 is 2.05 bits per heavy atom. The average Bonchev–Trinajstić information content (AvgIpc) is 3.21. The van der Waals surface area contributed by atoms with Gasteiger partial charge in [0.05, 0.1) is 45.6 Å². The zero-order chi connectivity index (χ0) is 26.9. The SMILES string of the molecule is CCC(F)(F)c1cc(Cl)ccc1Cn1ncc2c(F)c(C=C3SC(=O)CCC(NS(C)=O)C3=O)ccc21. The largest absolute Gasteiger partial charge is 0.292 e. The Balaban J connectivity index is 1.70. The molecule has 3 aromatic rings. The van der Waals surface area contributed by atoms with Gasteiger partial charge in [-0.15, -0.1) is 0 Å². The molecule has 0 radical (unpaired) electrons. The molecule has 1 aromatic heterocycles. The van der Waals surface area contributed by atoms with E-state index in [1.807, 2.05) is 0 Å². The van der Waals surface area contributed by atoms with Crippen LogP contribution in [-0.2, 0) is 33.0 Å². The van der Waals surface area contributed by atoms with Crippen molar-refractivity contribution in [3.63, 3.8) is 0 Å². The first-order chi connectivity index (χ1) is 17.5. The molecule has 0 amide bonds. The van der Waals surface area contributed by atoms with Crippen LogP contribution in [-0.4, -0.2) is 37.2 Å². The minimum Gasteiger partial charge on any atom is -0.292 e. The summed E-state index contributed by atoms with van der Waals surface area (Å²) >= 11 is 6.70. The van der Waals surface area contributed by atoms with Crippen molar-refractivity contribution in [1.82, 2.24) is 14.5 Å². The zero-order valence-corrected chi connectivity index (χ0v) is 22.3. The van der Waals surface area contributed by atoms with Crippen LogP contribution in [0.1, 0.15) is 42.9 Å². The number of ketones is 1. The minimum absolute atomic E-state index is 0.0319. The van der Waals surface area contributed by atoms with Crippen LogP contribution < -0.4 is 4.72 Å². The number of thioether (sulfide) groups is 1. The second-order valence-corrected chi connectivity index (χ2v) is 11.3. The van der Waals surface area contributed by atoms with Gasteiger partial charge in [-0.1, -0.05) is 24.6 Å². The Morgan fingerprint density at radius 3 is 2.76 bits per heavy atom. The van der Waals surface area contributed by atoms with Gasteiger partial charge in [0.15, 0.2) is 10.9 Å². The molecular weight excluding hydrogens is 547 g/mol. The Bertz CT molecular complexity index is 1440. The van der Waals surface area contributed by atoms with E-state index in [1.165, 1.54) is 54.4 Å². The maximum atomic E-state index is 15.5. The number of benzene rings is 2. The Hall–Kier alpha value is -2.47. The number of rotatable bonds is 7. The Morgan fingerprint density at radius 1 is 1.30 bits per heavy atom. The van der Waals surface area contributed by atoms with Crippen LogP contribution in [0.25, 0.3) is 17.0 Å². The number of alkyl halides is 2. The van der Waals surface area contributed by atoms with Gasteiger partial charge < -0.3 is 0 Å². The molecule has 2 aromatic carbocycles. The highest BCUT2D eigenvalue weighted by Gasteiger charge is 2.32. The van der Waals surface area contributed by atoms with Crippen LogP contribution >= 0.6 is 23.4 Å². The molecule has 6 nitrogen and oxygen atoms in total. The number of hydrogen-bond acceptors (Lipinski definition) is 5. The fraction of sp³-hybridized carbons (Fsp3) is 0.320. The summed E-state index contributed by atoms with van der Waals surface area (Å²) in [5.41, 5.74) is 0.535. The van der Waals surface area contributed by atoms with Crippen LogP contribution in [0.15, 0.2) is 41.4 Å². The third kappa shape index (κ3) is 6.00. The first-order valence-electron chi connectivity index (χ1n) is 11.4. The molecule has 37 heavy (non-hydrogen) atoms. The van der Waals surface area contributed by atoms with Crippen molar-refractivity contribution in [3.8, 4) is 0 Å². The third-order valence-corrected chi connectivity index (χ3v) is 7.86. The molecule has 1 aliphatic heterocycles. The van der Waals surface area contributed by atoms with Crippen LogP contribution in [0.3, 0.4) is 0 Å². The smallest absolute Gasteiger partial charge is 0.273 e. The lowest BCUT2D eigenvalue weighted by Gasteiger charge is -2.19. The molecular formula is C25H23ClF3N3O3S2. The van der Waals surface area contributed by atoms with Gasteiger partial charge in [0.1, 0.15) is 5.82 Å². The summed E-state index contributed by atoms with van der Waals surface area (Å²) < 4.78 is 60.3. The van der Waals surface area contributed by atoms with Crippen molar-refractivity contribution in [3.05, 3.63) is 69.0 Å². The number of hydrogen-bond donors (Lipinski definition) is 1. The summed E-state index contributed by atoms with van der Waals surface area (Å²) in [7, 11) is -1.47. The number of carbonyl (C=O) groups is 2. The lowest BCUT2D eigenvalue weighted by atomic mass is 9.99. The van der Waals surface area contributed by atoms with Crippen molar-refractivity contribution in [2.45, 2.75) is 44.7 Å². The van der Waals surface area contributed by atoms with Crippen molar-refractivity contribution < 1.29 is 27.0 Å². The molecule has 2 unspecified atom stereocenters. The molecule has 0 aliphatic carbocycles. The van der Waals surface area contributed by atoms with E-state index in [1.54, 1.807) is 6.07 Å². The fourth-order valence-electron chi connectivity index (χ4n) is 4.10. The van der Waals surface area contributed by atoms with E-state index in [0.29, 0.717) is 11.1 Å². The molecule has 0 saturated carbocycles. The lowest BCUT2D eigenvalue weighted by Crippen LogP contribution is -2.37. The van der Waals surface area contributed by atoms with Crippen LogP contribution in [0.5, 0.6) is 0 Å². The second kappa shape index (κ2) is 11.1. The summed E-state index contributed by atoms with van der Waals surface area (Å²) in [6, 6.07) is 6.45. The van der Waals surface area contributed by atoms with Crippen molar-refractivity contribution >= 4 is 62.2 Å². The van der Waals surface area contributed by atoms with E-state index in [2.05, 4.69) is 9.82 Å². The normalized spacial score (nSPS) is 19.0. The summed E-state index contributed by atoms with van der Waals surface area (Å²) in [6.07, 6.45) is 3.88. The summed E-state index contributed by atoms with van der Waals surface area (Å²) in [4.78, 5) is 25.1. The third-order valence-electron chi connectivity index (χ3n) is 6.04. The zero-order valence-electron chi connectivity index (χ0n) is 19.9. The van der Waals surface area contributed by atoms with Gasteiger partial charge in [-0.05, 0) is 54.1 Å². The molecule has 1 aliphatic rings. The molecule has 1 N–H and O–H groups in total. The van der Waals surface area contributed by atoms with Crippen molar-refractivity contribution in [2.24, 2.45) is 0 Å². The molecule has 0 bridgehead atoms. The first-order valence-corrected chi connectivity index (χ1v) is 14.1. The van der Waals surface area contributed by atoms with Gasteiger partial charge >= 0.3 is 0 Å². The maximum absolute atomic E-state index is 15.5. The molecule has 4 rings (SSSR count). The highest BCUT2D eigenvalue weighted by atomic mass is 35.5. The molecule has 1 fully saturated rings. The van der Waals surface area contributed by atoms with Crippen LogP contribution in [0.2, 0.25) is 5.02 Å². The monoisotopic (exact) mass is 569 g/mol. The fourth-order valence-corrected chi connectivity index (χ4v) is 5.79. The summed E-state index contributed by atoms with van der Waals surface area (Å²) in [5.74, 6) is -4.20. The van der Waals surface area contributed by atoms with E-state index in [4.69, 9.17) is 11.6 Å². The number of fused-ring (bicyclic) bond motifs is 1. The molecule has 0 spiro atoms. The number of Topliss-reactive ketones (excluding diaryl/α,β-unsaturated/α-hetero) is 1. The van der Waals surface area contributed by atoms with Gasteiger partial charge in [-0.2, -0.15) is 5.10 Å². The quantitative estimate of drug-likeness (QED) is 0.375. The van der Waals surface area contributed by atoms with E-state index in [9.17, 15) is 22.6 Å². The predicted octanol–water partition coefficient (Wildman–Crippen LogP) is 5.59. The van der Waals surface area contributed by atoms with E-state index < -0.39 is 41.0 Å². The van der Waals surface area contributed by atoms with Gasteiger partial charge in [0.25, 0.3) is 5.92 Å². The summed E-state index contributed by atoms with van der Waals surface area (Å²) in [6.45, 7) is 1.35. The predicted molar refractivity (Wildman–Crippen MR) is 140 cm³/mol. The standard InChI is InChI=1S/C25H23ClF3N3O3S2/c1-3-25(28,29)18-11-16(26)6-4-15(18)13-32-20-8-5-14(23(27)17(20)12-30-32)10-21-24(34)19(31-37(2)35)7-9-22(33)36-21/h4-6,8,10-12,19,31H,3,7,9,13H2,1-2H3. The van der Waals surface area contributed by atoms with Crippen LogP contribution in [0.4, 0.5) is 13.2 Å². The highest BCUT2D eigenvalue weighted by Crippen LogP contribution is 2.36. The van der Waals surface area contributed by atoms with Gasteiger partial charge in [-0.25, -0.2) is 22.1 Å². The van der Waals surface area contributed by atoms with Crippen molar-refractivity contribution in [1.29, 1.82) is 0 Å². The Labute approximate surface area is 223 Å². The van der Waals surface area contributed by atoms with E-state index in [-0.39, 0.29) is 50.9 Å². The Kier molecular flexibility index (Phi) is 8.27. The first kappa shape index (κ1) is 27.6. The number of halogens is 4. The number of nitrogens with zero attached hydrogens (tertiary/aromatic N) is 2. The van der Waals surface area contributed by atoms with E-state index in [0.717, 1.165) is 11.8 Å². The number of carbonyl (C=O) groups excluding carboxylic acids is 2. The molecule has 1 saturated heterocycles. The molecule has 196 valence electrons. The lowest BCUT2D eigenvalue weighted by molar-refractivity contribution is -0.116. The molecule has 12 heteroatoms. The average molecular weight is 570 g/mol. The topological polar surface area (TPSA) is 81.1 Å². The van der Waals surface area contributed by atoms with Gasteiger partial charge in [0.2, 0.25) is 0 Å². The van der Waals surface area contributed by atoms with Crippen LogP contribution in [0, 0.1) is 5.82 Å². The van der Waals surface area contributed by atoms with Gasteiger partial charge in [-0.3, -0.25) is 14.3 Å². The molecule has 2 atom stereocenters. The number of aromatic nitrogens is 2. The number of nitrogens with one attached hydrogen (secondary N) is 1. The minimum atomic E-state index is -3.09. The second-order valence-electron chi connectivity index (χ2n) is 8.57. The van der Waals surface area contributed by atoms with E-state index >= 15 is 4.39 Å². The molecule has 2 heterocycles. The maximum Gasteiger partial charge on any atom is 0.273 e. The highest BCUT2D eigenvalue weighted by molar-refractivity contribution is 8.17. The van der Waals surface area contributed by atoms with Crippen molar-refractivity contribution in [2.75, 3.05) is 6.26 Å².